The van der Waals surface area contributed by atoms with E-state index in [1.165, 1.54) is 6.92 Å². The highest BCUT2D eigenvalue weighted by atomic mass is 16.5. The van der Waals surface area contributed by atoms with Gasteiger partial charge in [-0.05, 0) is 20.3 Å². The molecule has 0 aliphatic heterocycles. The van der Waals surface area contributed by atoms with Crippen molar-refractivity contribution in [3.8, 4) is 0 Å². The fourth-order valence-corrected chi connectivity index (χ4v) is 0.884. The molecule has 0 rings (SSSR count). The van der Waals surface area contributed by atoms with E-state index in [-0.39, 0.29) is 5.78 Å². The minimum atomic E-state index is -0.722. The molecule has 0 saturated heterocycles. The lowest BCUT2D eigenvalue weighted by molar-refractivity contribution is -0.149. The van der Waals surface area contributed by atoms with Gasteiger partial charge in [0.15, 0.2) is 0 Å². The van der Waals surface area contributed by atoms with Crippen molar-refractivity contribution >= 4 is 11.8 Å². The molecule has 0 bridgehead atoms. The summed E-state index contributed by atoms with van der Waals surface area (Å²) in [5, 5.41) is 0. The Balaban J connectivity index is 4.33. The fourth-order valence-electron chi connectivity index (χ4n) is 0.884. The van der Waals surface area contributed by atoms with Crippen molar-refractivity contribution in [2.75, 3.05) is 6.61 Å². The molecule has 0 N–H and O–H groups in total. The number of ether oxygens (including phenoxy) is 1. The van der Waals surface area contributed by atoms with E-state index < -0.39 is 11.9 Å². The number of carbonyl (C=O) groups is 2. The largest absolute Gasteiger partial charge is 0.465 e. The summed E-state index contributed by atoms with van der Waals surface area (Å²) in [6.45, 7) is 5.36. The zero-order chi connectivity index (χ0) is 10.3. The standard InChI is InChI=1S/C10H16O3/c1-4-6-7-9(8(3)11)10(12)13-5-2/h6-7,9H,4-5H2,1-3H3. The van der Waals surface area contributed by atoms with E-state index in [0.29, 0.717) is 6.61 Å². The summed E-state index contributed by atoms with van der Waals surface area (Å²) >= 11 is 0. The molecule has 0 spiro atoms. The third kappa shape index (κ3) is 4.45. The van der Waals surface area contributed by atoms with E-state index in [9.17, 15) is 9.59 Å². The number of allylic oxidation sites excluding steroid dienone is 1. The quantitative estimate of drug-likeness (QED) is 0.371. The molecular weight excluding hydrogens is 168 g/mol. The predicted octanol–water partition coefficient (Wildman–Crippen LogP) is 1.72. The third-order valence-electron chi connectivity index (χ3n) is 1.54. The number of hydrogen-bond donors (Lipinski definition) is 0. The molecule has 1 unspecified atom stereocenters. The van der Waals surface area contributed by atoms with Crippen molar-refractivity contribution in [2.45, 2.75) is 27.2 Å². The van der Waals surface area contributed by atoms with Gasteiger partial charge in [-0.3, -0.25) is 9.59 Å². The second-order valence-corrected chi connectivity index (χ2v) is 2.68. The molecular formula is C10H16O3. The monoisotopic (exact) mass is 184 g/mol. The summed E-state index contributed by atoms with van der Waals surface area (Å²) in [6.07, 6.45) is 4.20. The summed E-state index contributed by atoms with van der Waals surface area (Å²) in [7, 11) is 0. The Morgan fingerprint density at radius 2 is 2.00 bits per heavy atom. The van der Waals surface area contributed by atoms with Gasteiger partial charge in [0.05, 0.1) is 6.61 Å². The van der Waals surface area contributed by atoms with Crippen molar-refractivity contribution in [3.63, 3.8) is 0 Å². The first-order valence-electron chi connectivity index (χ1n) is 4.47. The van der Waals surface area contributed by atoms with Crippen LogP contribution in [0, 0.1) is 5.92 Å². The van der Waals surface area contributed by atoms with Gasteiger partial charge < -0.3 is 4.74 Å². The van der Waals surface area contributed by atoms with Crippen LogP contribution in [0.25, 0.3) is 0 Å². The summed E-state index contributed by atoms with van der Waals surface area (Å²) in [5.41, 5.74) is 0. The van der Waals surface area contributed by atoms with E-state index >= 15 is 0 Å². The van der Waals surface area contributed by atoms with Gasteiger partial charge in [0.2, 0.25) is 0 Å². The Bertz CT molecular complexity index is 206. The van der Waals surface area contributed by atoms with Crippen LogP contribution in [0.15, 0.2) is 12.2 Å². The lowest BCUT2D eigenvalue weighted by Crippen LogP contribution is -2.22. The van der Waals surface area contributed by atoms with Crippen LogP contribution in [-0.4, -0.2) is 18.4 Å². The van der Waals surface area contributed by atoms with Crippen LogP contribution < -0.4 is 0 Å². The van der Waals surface area contributed by atoms with Crippen LogP contribution >= 0.6 is 0 Å². The summed E-state index contributed by atoms with van der Waals surface area (Å²) in [4.78, 5) is 22.2. The molecule has 0 saturated carbocycles. The smallest absolute Gasteiger partial charge is 0.320 e. The van der Waals surface area contributed by atoms with Crippen molar-refractivity contribution in [1.82, 2.24) is 0 Å². The van der Waals surface area contributed by atoms with Gasteiger partial charge in [-0.25, -0.2) is 0 Å². The van der Waals surface area contributed by atoms with E-state index in [2.05, 4.69) is 0 Å². The van der Waals surface area contributed by atoms with Crippen molar-refractivity contribution < 1.29 is 14.3 Å². The van der Waals surface area contributed by atoms with Gasteiger partial charge in [0, 0.05) is 0 Å². The van der Waals surface area contributed by atoms with Gasteiger partial charge in [-0.15, -0.1) is 0 Å². The van der Waals surface area contributed by atoms with E-state index in [1.54, 1.807) is 19.1 Å². The minimum Gasteiger partial charge on any atom is -0.465 e. The van der Waals surface area contributed by atoms with Crippen LogP contribution in [-0.2, 0) is 14.3 Å². The molecule has 13 heavy (non-hydrogen) atoms. The Hall–Kier alpha value is -1.12. The highest BCUT2D eigenvalue weighted by Crippen LogP contribution is 2.04. The van der Waals surface area contributed by atoms with Gasteiger partial charge in [-0.2, -0.15) is 0 Å². The Morgan fingerprint density at radius 3 is 2.38 bits per heavy atom. The van der Waals surface area contributed by atoms with Crippen LogP contribution in [0.3, 0.4) is 0 Å². The average molecular weight is 184 g/mol. The maximum absolute atomic E-state index is 11.2. The summed E-state index contributed by atoms with van der Waals surface area (Å²) in [5.74, 6) is -1.36. The second kappa shape index (κ2) is 6.40. The molecule has 0 amide bonds. The zero-order valence-corrected chi connectivity index (χ0v) is 8.37. The van der Waals surface area contributed by atoms with Crippen LogP contribution in [0.4, 0.5) is 0 Å². The number of hydrogen-bond acceptors (Lipinski definition) is 3. The van der Waals surface area contributed by atoms with Crippen LogP contribution in [0.2, 0.25) is 0 Å². The molecule has 0 radical (unpaired) electrons. The molecule has 1 atom stereocenters. The highest BCUT2D eigenvalue weighted by Gasteiger charge is 2.20. The minimum absolute atomic E-state index is 0.178. The number of carbonyl (C=O) groups excluding carboxylic acids is 2. The van der Waals surface area contributed by atoms with Crippen molar-refractivity contribution in [2.24, 2.45) is 5.92 Å². The number of ketones is 1. The molecule has 0 aliphatic rings. The van der Waals surface area contributed by atoms with Crippen molar-refractivity contribution in [1.29, 1.82) is 0 Å². The molecule has 0 aromatic heterocycles. The predicted molar refractivity (Wildman–Crippen MR) is 50.2 cm³/mol. The SMILES string of the molecule is CCC=CC(C(C)=O)C(=O)OCC. The molecule has 0 aliphatic carbocycles. The molecule has 3 nitrogen and oxygen atoms in total. The van der Waals surface area contributed by atoms with E-state index in [4.69, 9.17) is 4.74 Å². The molecule has 74 valence electrons. The Labute approximate surface area is 78.8 Å². The zero-order valence-electron chi connectivity index (χ0n) is 8.37. The lowest BCUT2D eigenvalue weighted by atomic mass is 10.1. The molecule has 0 fully saturated rings. The molecule has 3 heteroatoms. The van der Waals surface area contributed by atoms with Crippen molar-refractivity contribution in [3.05, 3.63) is 12.2 Å². The first kappa shape index (κ1) is 11.9. The summed E-state index contributed by atoms with van der Waals surface area (Å²) in [6, 6.07) is 0. The average Bonchev–Trinajstić information content (AvgIpc) is 2.05. The maximum atomic E-state index is 11.2. The van der Waals surface area contributed by atoms with Gasteiger partial charge >= 0.3 is 5.97 Å². The third-order valence-corrected chi connectivity index (χ3v) is 1.54. The highest BCUT2D eigenvalue weighted by molar-refractivity contribution is 5.99. The Kier molecular flexibility index (Phi) is 5.85. The maximum Gasteiger partial charge on any atom is 0.320 e. The molecule has 0 aromatic rings. The first-order chi connectivity index (χ1) is 6.13. The van der Waals surface area contributed by atoms with Crippen LogP contribution in [0.1, 0.15) is 27.2 Å². The number of esters is 1. The normalized spacial score (nSPS) is 12.8. The van der Waals surface area contributed by atoms with E-state index in [1.807, 2.05) is 6.92 Å². The van der Waals surface area contributed by atoms with Crippen LogP contribution in [0.5, 0.6) is 0 Å². The first-order valence-corrected chi connectivity index (χ1v) is 4.47. The number of Topliss-reactive ketones (excluding diaryl/α,β-unsaturated/α-hetero) is 1. The summed E-state index contributed by atoms with van der Waals surface area (Å²) < 4.78 is 4.75. The number of rotatable bonds is 5. The van der Waals surface area contributed by atoms with E-state index in [0.717, 1.165) is 6.42 Å². The van der Waals surface area contributed by atoms with Gasteiger partial charge in [-0.1, -0.05) is 19.1 Å². The van der Waals surface area contributed by atoms with Gasteiger partial charge in [0.25, 0.3) is 0 Å². The molecule has 0 aromatic carbocycles. The lowest BCUT2D eigenvalue weighted by Gasteiger charge is -2.07. The molecule has 0 heterocycles. The van der Waals surface area contributed by atoms with Gasteiger partial charge in [0.1, 0.15) is 11.7 Å². The Morgan fingerprint density at radius 1 is 1.38 bits per heavy atom. The fraction of sp³-hybridized carbons (Fsp3) is 0.600. The second-order valence-electron chi connectivity index (χ2n) is 2.68. The topological polar surface area (TPSA) is 43.4 Å².